The maximum Gasteiger partial charge on any atom is 0.0713 e. The van der Waals surface area contributed by atoms with Gasteiger partial charge in [-0.05, 0) is 40.3 Å². The predicted octanol–water partition coefficient (Wildman–Crippen LogP) is 6.61. The predicted molar refractivity (Wildman–Crippen MR) is 111 cm³/mol. The molecule has 0 amide bonds. The van der Waals surface area contributed by atoms with Crippen molar-refractivity contribution < 1.29 is 0 Å². The molecule has 126 valence electrons. The summed E-state index contributed by atoms with van der Waals surface area (Å²) in [5, 5.41) is 0. The maximum absolute atomic E-state index is 4.15. The molecule has 3 aromatic rings. The third-order valence-corrected chi connectivity index (χ3v) is 5.35. The summed E-state index contributed by atoms with van der Waals surface area (Å²) < 4.78 is 0. The molecule has 0 fully saturated rings. The number of fused-ring (bicyclic) bond motifs is 3. The van der Waals surface area contributed by atoms with Crippen molar-refractivity contribution in [2.45, 2.75) is 12.3 Å². The van der Waals surface area contributed by atoms with Crippen LogP contribution in [0.4, 0.5) is 0 Å². The van der Waals surface area contributed by atoms with E-state index in [1.54, 1.807) is 0 Å². The van der Waals surface area contributed by atoms with E-state index in [-0.39, 0.29) is 5.41 Å². The lowest BCUT2D eigenvalue weighted by atomic mass is 9.67. The van der Waals surface area contributed by atoms with Crippen molar-refractivity contribution in [1.82, 2.24) is 0 Å². The first-order chi connectivity index (χ1) is 12.7. The fraction of sp³-hybridized carbons (Fsp3) is 0.0769. The Morgan fingerprint density at radius 3 is 1.96 bits per heavy atom. The zero-order chi connectivity index (χ0) is 18.1. The molecular formula is C26H22. The van der Waals surface area contributed by atoms with Crippen LogP contribution < -0.4 is 0 Å². The molecule has 0 nitrogen and oxygen atoms in total. The first kappa shape index (κ1) is 16.4. The number of benzene rings is 3. The van der Waals surface area contributed by atoms with E-state index in [2.05, 4.69) is 99.0 Å². The normalized spacial score (nSPS) is 14.4. The molecule has 0 bridgehead atoms. The first-order valence-corrected chi connectivity index (χ1v) is 8.95. The lowest BCUT2D eigenvalue weighted by Crippen LogP contribution is -2.29. The molecule has 1 aliphatic carbocycles. The van der Waals surface area contributed by atoms with Crippen LogP contribution in [0.1, 0.15) is 22.3 Å². The Kier molecular flexibility index (Phi) is 3.97. The summed E-state index contributed by atoms with van der Waals surface area (Å²) in [6.07, 6.45) is 5.93. The van der Waals surface area contributed by atoms with Gasteiger partial charge in [-0.1, -0.05) is 110 Å². The van der Waals surface area contributed by atoms with Gasteiger partial charge in [-0.3, -0.25) is 0 Å². The largest absolute Gasteiger partial charge is 0.0991 e. The van der Waals surface area contributed by atoms with Gasteiger partial charge in [0.15, 0.2) is 0 Å². The van der Waals surface area contributed by atoms with Gasteiger partial charge in [0.25, 0.3) is 0 Å². The van der Waals surface area contributed by atoms with E-state index in [1.807, 2.05) is 12.2 Å². The fourth-order valence-electron chi connectivity index (χ4n) is 4.38. The molecule has 1 aliphatic rings. The molecule has 0 aliphatic heterocycles. The molecule has 0 atom stereocenters. The molecule has 0 N–H and O–H groups in total. The maximum atomic E-state index is 4.15. The highest BCUT2D eigenvalue weighted by Crippen LogP contribution is 2.56. The highest BCUT2D eigenvalue weighted by atomic mass is 14.5. The molecule has 0 saturated heterocycles. The fourth-order valence-corrected chi connectivity index (χ4v) is 4.38. The zero-order valence-corrected chi connectivity index (χ0v) is 15.1. The summed E-state index contributed by atoms with van der Waals surface area (Å²) in [5.41, 5.74) is 8.50. The highest BCUT2D eigenvalue weighted by molar-refractivity contribution is 5.86. The Hall–Kier alpha value is -3.12. The van der Waals surface area contributed by atoms with Crippen LogP contribution in [-0.4, -0.2) is 0 Å². The van der Waals surface area contributed by atoms with Crippen LogP contribution in [0, 0.1) is 6.92 Å². The smallest absolute Gasteiger partial charge is 0.0713 e. The highest BCUT2D eigenvalue weighted by Gasteiger charge is 2.46. The summed E-state index contributed by atoms with van der Waals surface area (Å²) in [5.74, 6) is 0. The summed E-state index contributed by atoms with van der Waals surface area (Å²) in [7, 11) is 0. The molecule has 0 aromatic heterocycles. The van der Waals surface area contributed by atoms with Crippen molar-refractivity contribution in [3.05, 3.63) is 132 Å². The molecule has 0 heterocycles. The first-order valence-electron chi connectivity index (χ1n) is 8.95. The second-order valence-electron chi connectivity index (χ2n) is 6.77. The molecule has 3 aromatic carbocycles. The van der Waals surface area contributed by atoms with Crippen LogP contribution in [0.15, 0.2) is 110 Å². The number of hydrogen-bond acceptors (Lipinski definition) is 0. The van der Waals surface area contributed by atoms with Crippen LogP contribution >= 0.6 is 0 Å². The summed E-state index contributed by atoms with van der Waals surface area (Å²) in [4.78, 5) is 0. The van der Waals surface area contributed by atoms with Gasteiger partial charge in [-0.15, -0.1) is 0 Å². The van der Waals surface area contributed by atoms with Gasteiger partial charge < -0.3 is 0 Å². The Morgan fingerprint density at radius 2 is 1.42 bits per heavy atom. The second-order valence-corrected chi connectivity index (χ2v) is 6.77. The van der Waals surface area contributed by atoms with Gasteiger partial charge in [0, 0.05) is 0 Å². The van der Waals surface area contributed by atoms with Gasteiger partial charge >= 0.3 is 0 Å². The molecule has 0 radical (unpaired) electrons. The molecule has 0 heteroatoms. The molecule has 26 heavy (non-hydrogen) atoms. The average molecular weight is 334 g/mol. The van der Waals surface area contributed by atoms with Gasteiger partial charge in [-0.25, -0.2) is 0 Å². The number of aryl methyl sites for hydroxylation is 1. The lowest BCUT2D eigenvalue weighted by Gasteiger charge is -2.34. The van der Waals surface area contributed by atoms with Crippen molar-refractivity contribution in [3.63, 3.8) is 0 Å². The summed E-state index contributed by atoms with van der Waals surface area (Å²) >= 11 is 0. The minimum Gasteiger partial charge on any atom is -0.0991 e. The monoisotopic (exact) mass is 334 g/mol. The van der Waals surface area contributed by atoms with Crippen molar-refractivity contribution >= 4 is 0 Å². The number of hydrogen-bond donors (Lipinski definition) is 0. The van der Waals surface area contributed by atoms with Crippen molar-refractivity contribution in [2.75, 3.05) is 0 Å². The number of allylic oxidation sites excluding steroid dienone is 4. The van der Waals surface area contributed by atoms with Crippen molar-refractivity contribution in [1.29, 1.82) is 0 Å². The summed E-state index contributed by atoms with van der Waals surface area (Å²) in [6, 6.07) is 26.2. The van der Waals surface area contributed by atoms with E-state index in [9.17, 15) is 0 Å². The van der Waals surface area contributed by atoms with Crippen LogP contribution in [0.5, 0.6) is 0 Å². The Labute approximate surface area is 155 Å². The Bertz CT molecular complexity index is 988. The average Bonchev–Trinajstić information content (AvgIpc) is 2.98. The van der Waals surface area contributed by atoms with E-state index >= 15 is 0 Å². The van der Waals surface area contributed by atoms with Gasteiger partial charge in [0.2, 0.25) is 0 Å². The topological polar surface area (TPSA) is 0 Å². The van der Waals surface area contributed by atoms with E-state index in [4.69, 9.17) is 0 Å². The van der Waals surface area contributed by atoms with Crippen LogP contribution in [0.3, 0.4) is 0 Å². The SMILES string of the molecule is C=C/C=C(\C=C)C1(c2cccc(C)c2)c2ccccc2-c2ccccc21. The van der Waals surface area contributed by atoms with Crippen molar-refractivity contribution in [3.8, 4) is 11.1 Å². The van der Waals surface area contributed by atoms with E-state index in [1.165, 1.54) is 33.4 Å². The molecule has 0 saturated carbocycles. The minimum atomic E-state index is -0.366. The van der Waals surface area contributed by atoms with Gasteiger partial charge in [0.1, 0.15) is 0 Å². The third-order valence-electron chi connectivity index (χ3n) is 5.35. The molecule has 0 spiro atoms. The second kappa shape index (κ2) is 6.31. The molecular weight excluding hydrogens is 312 g/mol. The van der Waals surface area contributed by atoms with E-state index in [0.717, 1.165) is 5.57 Å². The van der Waals surface area contributed by atoms with Crippen LogP contribution in [0.25, 0.3) is 11.1 Å². The van der Waals surface area contributed by atoms with Crippen LogP contribution in [0.2, 0.25) is 0 Å². The van der Waals surface area contributed by atoms with Gasteiger partial charge in [0.05, 0.1) is 5.41 Å². The van der Waals surface area contributed by atoms with Crippen molar-refractivity contribution in [2.24, 2.45) is 0 Å². The molecule has 4 rings (SSSR count). The van der Waals surface area contributed by atoms with E-state index < -0.39 is 0 Å². The lowest BCUT2D eigenvalue weighted by molar-refractivity contribution is 0.766. The van der Waals surface area contributed by atoms with E-state index in [0.29, 0.717) is 0 Å². The minimum absolute atomic E-state index is 0.366. The number of rotatable bonds is 4. The van der Waals surface area contributed by atoms with Crippen LogP contribution in [-0.2, 0) is 5.41 Å². The Balaban J connectivity index is 2.21. The Morgan fingerprint density at radius 1 is 0.808 bits per heavy atom. The molecule has 0 unspecified atom stereocenters. The standard InChI is InChI=1S/C26H22/c1-4-11-20(5-2)26(21-13-10-12-19(3)18-21)24-16-8-6-14-22(24)23-15-7-9-17-25(23)26/h4-18H,1-2H2,3H3/b20-11+. The summed E-state index contributed by atoms with van der Waals surface area (Å²) in [6.45, 7) is 10.2. The quantitative estimate of drug-likeness (QED) is 0.471. The zero-order valence-electron chi connectivity index (χ0n) is 15.1. The van der Waals surface area contributed by atoms with Gasteiger partial charge in [-0.2, -0.15) is 0 Å². The third kappa shape index (κ3) is 2.16.